The molecule has 3 heterocycles. The summed E-state index contributed by atoms with van der Waals surface area (Å²) in [6.45, 7) is 5.41. The molecule has 0 aromatic carbocycles. The first-order valence-corrected chi connectivity index (χ1v) is 8.25. The maximum Gasteiger partial charge on any atom is 0.310 e. The van der Waals surface area contributed by atoms with Gasteiger partial charge in [0.2, 0.25) is 4.96 Å². The summed E-state index contributed by atoms with van der Waals surface area (Å²) in [5, 5.41) is 8.80. The van der Waals surface area contributed by atoms with Crippen LogP contribution in [0.15, 0.2) is 15.4 Å². The van der Waals surface area contributed by atoms with Crippen LogP contribution in [0, 0.1) is 13.8 Å². The van der Waals surface area contributed by atoms with Gasteiger partial charge in [0.15, 0.2) is 0 Å². The Labute approximate surface area is 141 Å². The summed E-state index contributed by atoms with van der Waals surface area (Å²) >= 11 is 1.35. The fraction of sp³-hybridized carbons (Fsp3) is 0.400. The van der Waals surface area contributed by atoms with Crippen LogP contribution < -0.4 is 5.56 Å². The number of aryl methyl sites for hydroxylation is 3. The van der Waals surface area contributed by atoms with Gasteiger partial charge in [-0.15, -0.1) is 0 Å². The van der Waals surface area contributed by atoms with Gasteiger partial charge < -0.3 is 9.26 Å². The zero-order valence-corrected chi connectivity index (χ0v) is 14.3. The van der Waals surface area contributed by atoms with Crippen LogP contribution in [0.3, 0.4) is 0 Å². The van der Waals surface area contributed by atoms with Crippen LogP contribution in [0.5, 0.6) is 0 Å². The number of aromatic nitrogens is 4. The molecule has 0 radical (unpaired) electrons. The fourth-order valence-corrected chi connectivity index (χ4v) is 3.07. The molecule has 0 aliphatic carbocycles. The normalized spacial score (nSPS) is 11.1. The third-order valence-corrected chi connectivity index (χ3v) is 4.58. The highest BCUT2D eigenvalue weighted by Gasteiger charge is 2.15. The van der Waals surface area contributed by atoms with E-state index in [0.717, 1.165) is 17.0 Å². The van der Waals surface area contributed by atoms with Crippen molar-refractivity contribution >= 4 is 22.3 Å². The third kappa shape index (κ3) is 3.21. The van der Waals surface area contributed by atoms with Crippen LogP contribution in [0.1, 0.15) is 34.6 Å². The van der Waals surface area contributed by atoms with E-state index >= 15 is 0 Å². The average molecular weight is 348 g/mol. The van der Waals surface area contributed by atoms with Crippen LogP contribution in [-0.2, 0) is 29.0 Å². The van der Waals surface area contributed by atoms with E-state index in [1.807, 2.05) is 6.92 Å². The summed E-state index contributed by atoms with van der Waals surface area (Å²) in [5.41, 5.74) is 1.50. The molecule has 3 aromatic rings. The number of rotatable bonds is 5. The second kappa shape index (κ2) is 6.52. The van der Waals surface area contributed by atoms with Gasteiger partial charge in [-0.2, -0.15) is 9.61 Å². The lowest BCUT2D eigenvalue weighted by molar-refractivity contribution is -0.144. The quantitative estimate of drug-likeness (QED) is 0.646. The molecule has 126 valence electrons. The van der Waals surface area contributed by atoms with Gasteiger partial charge in [-0.1, -0.05) is 23.4 Å². The molecule has 0 saturated heterocycles. The van der Waals surface area contributed by atoms with Gasteiger partial charge >= 0.3 is 5.97 Å². The smallest absolute Gasteiger partial charge is 0.310 e. The van der Waals surface area contributed by atoms with Crippen molar-refractivity contribution in [3.63, 3.8) is 0 Å². The Morgan fingerprint density at radius 3 is 2.88 bits per heavy atom. The summed E-state index contributed by atoms with van der Waals surface area (Å²) in [7, 11) is 0. The largest absolute Gasteiger partial charge is 0.459 e. The minimum atomic E-state index is -0.426. The topological polar surface area (TPSA) is 99.6 Å². The summed E-state index contributed by atoms with van der Waals surface area (Å²) in [4.78, 5) is 28.8. The van der Waals surface area contributed by atoms with Crippen LogP contribution in [0.4, 0.5) is 0 Å². The van der Waals surface area contributed by atoms with Gasteiger partial charge in [-0.05, 0) is 20.3 Å². The molecule has 24 heavy (non-hydrogen) atoms. The van der Waals surface area contributed by atoms with E-state index in [1.165, 1.54) is 21.9 Å². The highest BCUT2D eigenvalue weighted by atomic mass is 32.1. The minimum Gasteiger partial charge on any atom is -0.459 e. The van der Waals surface area contributed by atoms with Gasteiger partial charge in [-0.25, -0.2) is 4.98 Å². The monoisotopic (exact) mass is 348 g/mol. The van der Waals surface area contributed by atoms with Crippen molar-refractivity contribution in [1.82, 2.24) is 19.8 Å². The van der Waals surface area contributed by atoms with E-state index < -0.39 is 5.97 Å². The minimum absolute atomic E-state index is 0.0622. The lowest BCUT2D eigenvalue weighted by Crippen LogP contribution is -2.17. The number of nitrogens with zero attached hydrogens (tertiary/aromatic N) is 4. The van der Waals surface area contributed by atoms with Gasteiger partial charge in [-0.3, -0.25) is 9.59 Å². The standard InChI is InChI=1S/C15H16N4O4S/c1-4-12-17-19-13(20)5-10(16-15(19)24-12)7-22-14(21)6-11-8(2)18-23-9(11)3/h5H,4,6-7H2,1-3H3. The average Bonchev–Trinajstić information content (AvgIpc) is 3.11. The van der Waals surface area contributed by atoms with E-state index in [4.69, 9.17) is 9.26 Å². The van der Waals surface area contributed by atoms with E-state index in [1.54, 1.807) is 13.8 Å². The van der Waals surface area contributed by atoms with E-state index in [-0.39, 0.29) is 18.6 Å². The van der Waals surface area contributed by atoms with Crippen LogP contribution >= 0.6 is 11.3 Å². The van der Waals surface area contributed by atoms with Crippen LogP contribution in [-0.4, -0.2) is 25.7 Å². The summed E-state index contributed by atoms with van der Waals surface area (Å²) in [6, 6.07) is 1.33. The van der Waals surface area contributed by atoms with E-state index in [0.29, 0.717) is 22.1 Å². The molecule has 9 heteroatoms. The number of esters is 1. The van der Waals surface area contributed by atoms with Crippen molar-refractivity contribution in [2.45, 2.75) is 40.2 Å². The van der Waals surface area contributed by atoms with Crippen LogP contribution in [0.2, 0.25) is 0 Å². The molecule has 3 rings (SSSR count). The Morgan fingerprint density at radius 2 is 2.21 bits per heavy atom. The molecule has 0 spiro atoms. The second-order valence-corrected chi connectivity index (χ2v) is 6.31. The maximum atomic E-state index is 12.0. The number of ether oxygens (including phenoxy) is 1. The molecular formula is C15H16N4O4S. The summed E-state index contributed by atoms with van der Waals surface area (Å²) in [6.07, 6.45) is 0.804. The van der Waals surface area contributed by atoms with Crippen molar-refractivity contribution in [2.75, 3.05) is 0 Å². The fourth-order valence-electron chi connectivity index (χ4n) is 2.22. The number of fused-ring (bicyclic) bond motifs is 1. The van der Waals surface area contributed by atoms with Gasteiger partial charge in [0.05, 0.1) is 17.8 Å². The SMILES string of the molecule is CCc1nn2c(=O)cc(COC(=O)Cc3c(C)noc3C)nc2s1. The summed E-state index contributed by atoms with van der Waals surface area (Å²) in [5.74, 6) is 0.170. The van der Waals surface area contributed by atoms with Crippen LogP contribution in [0.25, 0.3) is 4.96 Å². The molecule has 0 aliphatic heterocycles. The molecule has 0 amide bonds. The number of hydrogen-bond acceptors (Lipinski definition) is 8. The molecule has 8 nitrogen and oxygen atoms in total. The Kier molecular flexibility index (Phi) is 4.43. The predicted molar refractivity (Wildman–Crippen MR) is 86.0 cm³/mol. The molecular weight excluding hydrogens is 332 g/mol. The zero-order valence-electron chi connectivity index (χ0n) is 13.5. The highest BCUT2D eigenvalue weighted by molar-refractivity contribution is 7.16. The van der Waals surface area contributed by atoms with Crippen molar-refractivity contribution in [1.29, 1.82) is 0 Å². The number of hydrogen-bond donors (Lipinski definition) is 0. The number of carbonyl (C=O) groups is 1. The zero-order chi connectivity index (χ0) is 17.3. The van der Waals surface area contributed by atoms with E-state index in [2.05, 4.69) is 15.2 Å². The Balaban J connectivity index is 1.71. The molecule has 0 fully saturated rings. The first-order chi connectivity index (χ1) is 11.5. The van der Waals surface area contributed by atoms with Crippen molar-refractivity contribution in [3.05, 3.63) is 44.1 Å². The van der Waals surface area contributed by atoms with Crippen molar-refractivity contribution < 1.29 is 14.1 Å². The molecule has 0 aliphatic rings. The first-order valence-electron chi connectivity index (χ1n) is 7.44. The lowest BCUT2D eigenvalue weighted by Gasteiger charge is -2.04. The second-order valence-electron chi connectivity index (χ2n) is 5.27. The predicted octanol–water partition coefficient (Wildman–Crippen LogP) is 1.60. The molecule has 0 unspecified atom stereocenters. The Bertz CT molecular complexity index is 937. The van der Waals surface area contributed by atoms with Crippen molar-refractivity contribution in [2.24, 2.45) is 0 Å². The Morgan fingerprint density at radius 1 is 1.42 bits per heavy atom. The lowest BCUT2D eigenvalue weighted by atomic mass is 10.1. The molecule has 0 atom stereocenters. The maximum absolute atomic E-state index is 12.0. The highest BCUT2D eigenvalue weighted by Crippen LogP contribution is 2.14. The molecule has 0 N–H and O–H groups in total. The molecule has 3 aromatic heterocycles. The molecule has 0 saturated carbocycles. The Hall–Kier alpha value is -2.55. The van der Waals surface area contributed by atoms with Crippen molar-refractivity contribution in [3.8, 4) is 0 Å². The van der Waals surface area contributed by atoms with Gasteiger partial charge in [0.25, 0.3) is 5.56 Å². The van der Waals surface area contributed by atoms with Gasteiger partial charge in [0.1, 0.15) is 17.4 Å². The third-order valence-electron chi connectivity index (χ3n) is 3.53. The molecule has 0 bridgehead atoms. The van der Waals surface area contributed by atoms with E-state index in [9.17, 15) is 9.59 Å². The number of carbonyl (C=O) groups excluding carboxylic acids is 1. The first kappa shape index (κ1) is 16.3. The van der Waals surface area contributed by atoms with Gasteiger partial charge in [0, 0.05) is 11.6 Å². The summed E-state index contributed by atoms with van der Waals surface area (Å²) < 4.78 is 11.5.